The van der Waals surface area contributed by atoms with Gasteiger partial charge in [-0.05, 0) is 66.7 Å². The van der Waals surface area contributed by atoms with Crippen molar-refractivity contribution in [2.75, 3.05) is 20.1 Å². The van der Waals surface area contributed by atoms with E-state index in [-0.39, 0.29) is 30.4 Å². The lowest BCUT2D eigenvalue weighted by atomic mass is 9.73. The average Bonchev–Trinajstić information content (AvgIpc) is 3.40. The zero-order valence-corrected chi connectivity index (χ0v) is 22.2. The Morgan fingerprint density at radius 1 is 0.914 bits per heavy atom. The van der Waals surface area contributed by atoms with Gasteiger partial charge in [0.05, 0.1) is 22.5 Å². The third-order valence-electron chi connectivity index (χ3n) is 7.49. The molecule has 3 atom stereocenters. The molecule has 3 nitrogen and oxygen atoms in total. The fourth-order valence-electron chi connectivity index (χ4n) is 5.80. The minimum Gasteiger partial charge on any atom is -0.337 e. The highest BCUT2D eigenvalue weighted by molar-refractivity contribution is 6.42. The van der Waals surface area contributed by atoms with Crippen LogP contribution in [0.5, 0.6) is 0 Å². The van der Waals surface area contributed by atoms with E-state index in [9.17, 15) is 4.79 Å². The number of hydrogen-bond acceptors (Lipinski definition) is 2. The van der Waals surface area contributed by atoms with Crippen molar-refractivity contribution in [2.24, 2.45) is 0 Å². The van der Waals surface area contributed by atoms with Gasteiger partial charge in [-0.25, -0.2) is 0 Å². The minimum absolute atomic E-state index is 0. The molecule has 1 unspecified atom stereocenters. The molecular formula is C29H31Cl3N2O. The van der Waals surface area contributed by atoms with Gasteiger partial charge < -0.3 is 4.90 Å². The van der Waals surface area contributed by atoms with Crippen molar-refractivity contribution in [1.29, 1.82) is 0 Å². The number of carbonyl (C=O) groups is 1. The molecule has 6 heteroatoms. The van der Waals surface area contributed by atoms with Crippen LogP contribution in [0.1, 0.15) is 53.5 Å². The van der Waals surface area contributed by atoms with E-state index in [1.165, 1.54) is 29.5 Å². The molecule has 0 bridgehead atoms. The second-order valence-corrected chi connectivity index (χ2v) is 10.3. The lowest BCUT2D eigenvalue weighted by Gasteiger charge is -2.46. The van der Waals surface area contributed by atoms with Gasteiger partial charge in [0.1, 0.15) is 0 Å². The second-order valence-electron chi connectivity index (χ2n) is 9.51. The molecule has 5 rings (SSSR count). The van der Waals surface area contributed by atoms with Crippen molar-refractivity contribution in [3.8, 4) is 0 Å². The van der Waals surface area contributed by atoms with Crippen LogP contribution in [0.4, 0.5) is 0 Å². The van der Waals surface area contributed by atoms with Crippen molar-refractivity contribution in [2.45, 2.75) is 43.7 Å². The molecule has 184 valence electrons. The van der Waals surface area contributed by atoms with Gasteiger partial charge in [-0.3, -0.25) is 9.69 Å². The summed E-state index contributed by atoms with van der Waals surface area (Å²) in [7, 11) is 1.97. The van der Waals surface area contributed by atoms with Crippen LogP contribution in [0.25, 0.3) is 0 Å². The largest absolute Gasteiger partial charge is 0.337 e. The standard InChI is InChI=1S/C29H30Cl2N2O.ClH/c1-32(28(34)18-20-13-14-25(30)26(31)17-20)29-23-12-6-5-11-22(23)24(21-9-3-2-4-10-21)19-27(29)33-15-7-8-16-33;/h2-6,9-14,17,24,27,29H,7-8,15-16,18-19H2,1H3;1H/t24?,27-,29-;/m0./s1. The highest BCUT2D eigenvalue weighted by Gasteiger charge is 2.42. The van der Waals surface area contributed by atoms with Crippen molar-refractivity contribution in [3.63, 3.8) is 0 Å². The van der Waals surface area contributed by atoms with Gasteiger partial charge in [0, 0.05) is 19.0 Å². The smallest absolute Gasteiger partial charge is 0.227 e. The number of hydrogen-bond donors (Lipinski definition) is 0. The molecule has 0 N–H and O–H groups in total. The number of carbonyl (C=O) groups excluding carboxylic acids is 1. The Hall–Kier alpha value is -2.04. The van der Waals surface area contributed by atoms with E-state index in [1.807, 2.05) is 18.0 Å². The average molecular weight is 530 g/mol. The summed E-state index contributed by atoms with van der Waals surface area (Å²) in [4.78, 5) is 18.1. The predicted molar refractivity (Wildman–Crippen MR) is 147 cm³/mol. The quantitative estimate of drug-likeness (QED) is 0.350. The number of halogens is 3. The van der Waals surface area contributed by atoms with Crippen LogP contribution < -0.4 is 0 Å². The number of amides is 1. The van der Waals surface area contributed by atoms with Crippen LogP contribution in [-0.4, -0.2) is 41.9 Å². The molecule has 3 aromatic carbocycles. The number of fused-ring (bicyclic) bond motifs is 1. The summed E-state index contributed by atoms with van der Waals surface area (Å²) in [6.07, 6.45) is 3.76. The topological polar surface area (TPSA) is 23.6 Å². The third kappa shape index (κ3) is 5.39. The molecule has 1 aliphatic heterocycles. The maximum atomic E-state index is 13.6. The Morgan fingerprint density at radius 2 is 1.57 bits per heavy atom. The summed E-state index contributed by atoms with van der Waals surface area (Å²) in [5, 5.41) is 0.992. The Labute approximate surface area is 224 Å². The van der Waals surface area contributed by atoms with Gasteiger partial charge in [-0.2, -0.15) is 0 Å². The molecule has 0 aromatic heterocycles. The highest BCUT2D eigenvalue weighted by Crippen LogP contribution is 2.46. The zero-order valence-electron chi connectivity index (χ0n) is 19.9. The molecule has 3 aromatic rings. The highest BCUT2D eigenvalue weighted by atomic mass is 35.5. The summed E-state index contributed by atoms with van der Waals surface area (Å²) < 4.78 is 0. The molecule has 1 amide bonds. The molecule has 1 heterocycles. The molecule has 0 radical (unpaired) electrons. The van der Waals surface area contributed by atoms with Crippen LogP contribution in [0.2, 0.25) is 10.0 Å². The van der Waals surface area contributed by atoms with Crippen LogP contribution in [0, 0.1) is 0 Å². The van der Waals surface area contributed by atoms with Crippen molar-refractivity contribution >= 4 is 41.5 Å². The van der Waals surface area contributed by atoms with E-state index < -0.39 is 0 Å². The van der Waals surface area contributed by atoms with Crippen LogP contribution in [0.3, 0.4) is 0 Å². The molecule has 0 saturated carbocycles. The van der Waals surface area contributed by atoms with Gasteiger partial charge in [-0.1, -0.05) is 83.9 Å². The summed E-state index contributed by atoms with van der Waals surface area (Å²) in [5.74, 6) is 0.429. The van der Waals surface area contributed by atoms with Gasteiger partial charge in [0.25, 0.3) is 0 Å². The van der Waals surface area contributed by atoms with Crippen LogP contribution >= 0.6 is 35.6 Å². The van der Waals surface area contributed by atoms with Crippen molar-refractivity contribution < 1.29 is 4.79 Å². The van der Waals surface area contributed by atoms with E-state index in [4.69, 9.17) is 23.2 Å². The summed E-state index contributed by atoms with van der Waals surface area (Å²) in [6.45, 7) is 2.19. The summed E-state index contributed by atoms with van der Waals surface area (Å²) in [5.41, 5.74) is 4.84. The van der Waals surface area contributed by atoms with Gasteiger partial charge >= 0.3 is 0 Å². The third-order valence-corrected chi connectivity index (χ3v) is 8.23. The first-order chi connectivity index (χ1) is 16.5. The number of rotatable bonds is 5. The first-order valence-corrected chi connectivity index (χ1v) is 12.9. The fraction of sp³-hybridized carbons (Fsp3) is 0.345. The van der Waals surface area contributed by atoms with Gasteiger partial charge in [0.2, 0.25) is 5.91 Å². The fourth-order valence-corrected chi connectivity index (χ4v) is 6.12. The number of likely N-dealkylation sites (N-methyl/N-ethyl adjacent to an activating group) is 1. The van der Waals surface area contributed by atoms with Crippen molar-refractivity contribution in [1.82, 2.24) is 9.80 Å². The molecular weight excluding hydrogens is 499 g/mol. The molecule has 35 heavy (non-hydrogen) atoms. The number of likely N-dealkylation sites (tertiary alicyclic amines) is 1. The predicted octanol–water partition coefficient (Wildman–Crippen LogP) is 7.16. The zero-order chi connectivity index (χ0) is 23.7. The van der Waals surface area contributed by atoms with Crippen LogP contribution in [-0.2, 0) is 11.2 Å². The van der Waals surface area contributed by atoms with E-state index in [0.29, 0.717) is 22.4 Å². The monoisotopic (exact) mass is 528 g/mol. The Bertz CT molecular complexity index is 1160. The van der Waals surface area contributed by atoms with E-state index >= 15 is 0 Å². The first-order valence-electron chi connectivity index (χ1n) is 12.1. The SMILES string of the molecule is CN(C(=O)Cc1ccc(Cl)c(Cl)c1)[C@H]1c2ccccc2C(c2ccccc2)C[C@@H]1N1CCCC1.Cl. The van der Waals surface area contributed by atoms with Gasteiger partial charge in [-0.15, -0.1) is 12.4 Å². The maximum Gasteiger partial charge on any atom is 0.227 e. The molecule has 1 aliphatic carbocycles. The van der Waals surface area contributed by atoms with E-state index in [1.54, 1.807) is 12.1 Å². The van der Waals surface area contributed by atoms with Crippen molar-refractivity contribution in [3.05, 3.63) is 105 Å². The van der Waals surface area contributed by atoms with E-state index in [2.05, 4.69) is 59.5 Å². The summed E-state index contributed by atoms with van der Waals surface area (Å²) >= 11 is 12.3. The van der Waals surface area contributed by atoms with Gasteiger partial charge in [0.15, 0.2) is 0 Å². The Balaban J connectivity index is 0.00000289. The number of nitrogens with zero attached hydrogens (tertiary/aromatic N) is 2. The lowest BCUT2D eigenvalue weighted by Crippen LogP contribution is -2.49. The molecule has 1 saturated heterocycles. The Kier molecular flexibility index (Phi) is 8.44. The van der Waals surface area contributed by atoms with Crippen LogP contribution in [0.15, 0.2) is 72.8 Å². The molecule has 0 spiro atoms. The molecule has 2 aliphatic rings. The second kappa shape index (κ2) is 11.3. The maximum absolute atomic E-state index is 13.6. The van der Waals surface area contributed by atoms with E-state index in [0.717, 1.165) is 25.1 Å². The minimum atomic E-state index is 0. The normalized spacial score (nSPS) is 21.7. The lowest BCUT2D eigenvalue weighted by molar-refractivity contribution is -0.133. The summed E-state index contributed by atoms with van der Waals surface area (Å²) in [6, 6.07) is 25.3. The number of benzene rings is 3. The Morgan fingerprint density at radius 3 is 2.26 bits per heavy atom. The first kappa shape index (κ1) is 26.0. The molecule has 1 fully saturated rings.